The van der Waals surface area contributed by atoms with Crippen molar-refractivity contribution in [3.05, 3.63) is 33.1 Å². The van der Waals surface area contributed by atoms with Gasteiger partial charge in [0, 0.05) is 56.3 Å². The maximum atomic E-state index is 11.5. The van der Waals surface area contributed by atoms with Crippen LogP contribution in [0, 0.1) is 44.1 Å². The molecule has 2 rings (SSSR count). The van der Waals surface area contributed by atoms with Gasteiger partial charge >= 0.3 is 5.69 Å². The fraction of sp³-hybridized carbons (Fsp3) is 0.556. The SMILES string of the molecule is O=c1ccn([C@@H]2O[C@H](CO)[C@H](O)C2S)c(=O)[nH]1.[Ac]. The first-order valence-electron chi connectivity index (χ1n) is 4.98. The Kier molecular flexibility index (Phi) is 6.09. The monoisotopic (exact) mass is 487 g/mol. The van der Waals surface area contributed by atoms with Gasteiger partial charge < -0.3 is 14.9 Å². The molecule has 0 aliphatic carbocycles. The summed E-state index contributed by atoms with van der Waals surface area (Å²) in [6.45, 7) is -0.368. The van der Waals surface area contributed by atoms with Gasteiger partial charge in [-0.25, -0.2) is 4.79 Å². The minimum Gasteiger partial charge on any atom is -0.394 e. The predicted octanol–water partition coefficient (Wildman–Crippen LogP) is -1.91. The van der Waals surface area contributed by atoms with E-state index in [4.69, 9.17) is 9.84 Å². The molecular formula is C9H12AcN2O5S. The second kappa shape index (κ2) is 6.68. The summed E-state index contributed by atoms with van der Waals surface area (Å²) in [5.41, 5.74) is -1.16. The van der Waals surface area contributed by atoms with Crippen molar-refractivity contribution in [1.29, 1.82) is 0 Å². The largest absolute Gasteiger partial charge is 0.394 e. The first-order chi connectivity index (χ1) is 8.04. The van der Waals surface area contributed by atoms with Gasteiger partial charge in [-0.05, 0) is 0 Å². The third-order valence-corrected chi connectivity index (χ3v) is 3.20. The topological polar surface area (TPSA) is 105 Å². The normalized spacial score (nSPS) is 31.1. The summed E-state index contributed by atoms with van der Waals surface area (Å²) in [6.07, 6.45) is -1.33. The van der Waals surface area contributed by atoms with Crippen molar-refractivity contribution in [2.75, 3.05) is 6.61 Å². The summed E-state index contributed by atoms with van der Waals surface area (Å²) in [5.74, 6) is 0. The van der Waals surface area contributed by atoms with Gasteiger partial charge in [0.1, 0.15) is 6.10 Å². The summed E-state index contributed by atoms with van der Waals surface area (Å²) in [5, 5.41) is 18.0. The summed E-state index contributed by atoms with van der Waals surface area (Å²) in [6, 6.07) is 1.17. The Morgan fingerprint density at radius 3 is 2.67 bits per heavy atom. The van der Waals surface area contributed by atoms with Crippen LogP contribution in [-0.4, -0.2) is 43.8 Å². The summed E-state index contributed by atoms with van der Waals surface area (Å²) in [4.78, 5) is 24.5. The number of ether oxygens (including phenoxy) is 1. The van der Waals surface area contributed by atoms with E-state index in [2.05, 4.69) is 17.6 Å². The second-order valence-corrected chi connectivity index (χ2v) is 4.34. The maximum Gasteiger partial charge on any atom is 0.330 e. The van der Waals surface area contributed by atoms with Gasteiger partial charge in [0.25, 0.3) is 5.56 Å². The number of hydrogen-bond acceptors (Lipinski definition) is 6. The third-order valence-electron chi connectivity index (χ3n) is 2.64. The van der Waals surface area contributed by atoms with Crippen LogP contribution >= 0.6 is 12.6 Å². The van der Waals surface area contributed by atoms with Crippen LogP contribution < -0.4 is 11.2 Å². The van der Waals surface area contributed by atoms with Crippen molar-refractivity contribution in [3.8, 4) is 0 Å². The summed E-state index contributed by atoms with van der Waals surface area (Å²) in [7, 11) is 0. The van der Waals surface area contributed by atoms with Crippen LogP contribution in [0.4, 0.5) is 0 Å². The standard InChI is InChI=1S/C9H12N2O5S.Ac/c12-3-4-6(14)7(17)8(16-4)11-2-1-5(13)10-9(11)15;/h1-2,4,6-8,12,14,17H,3H2,(H,10,13,15);/t4-,6+,7?,8-;/m1./s1. The zero-order chi connectivity index (χ0) is 12.6. The van der Waals surface area contributed by atoms with Gasteiger partial charge in [-0.2, -0.15) is 12.6 Å². The molecule has 7 nitrogen and oxygen atoms in total. The van der Waals surface area contributed by atoms with Crippen LogP contribution in [0.5, 0.6) is 0 Å². The number of rotatable bonds is 2. The summed E-state index contributed by atoms with van der Waals surface area (Å²) < 4.78 is 6.43. The van der Waals surface area contributed by atoms with Crippen molar-refractivity contribution in [2.45, 2.75) is 23.7 Å². The smallest absolute Gasteiger partial charge is 0.330 e. The fourth-order valence-electron chi connectivity index (χ4n) is 1.74. The van der Waals surface area contributed by atoms with Gasteiger partial charge in [0.15, 0.2) is 6.23 Å². The number of nitrogens with one attached hydrogen (secondary N) is 1. The van der Waals surface area contributed by atoms with Crippen molar-refractivity contribution >= 4 is 12.6 Å². The Labute approximate surface area is 143 Å². The van der Waals surface area contributed by atoms with Crippen molar-refractivity contribution in [2.24, 2.45) is 0 Å². The number of aromatic nitrogens is 2. The molecule has 0 aromatic carbocycles. The quantitative estimate of drug-likeness (QED) is 0.365. The van der Waals surface area contributed by atoms with E-state index < -0.39 is 34.9 Å². The van der Waals surface area contributed by atoms with E-state index in [9.17, 15) is 14.7 Å². The number of aliphatic hydroxyl groups excluding tert-OH is 2. The minimum atomic E-state index is -0.979. The molecule has 1 saturated heterocycles. The average Bonchev–Trinajstić information content (AvgIpc) is 2.57. The van der Waals surface area contributed by atoms with Gasteiger partial charge in [0.05, 0.1) is 18.0 Å². The van der Waals surface area contributed by atoms with Crippen LogP contribution in [0.2, 0.25) is 0 Å². The zero-order valence-corrected chi connectivity index (χ0v) is 14.9. The Bertz CT molecular complexity index is 518. The molecule has 1 unspecified atom stereocenters. The average molecular weight is 487 g/mol. The van der Waals surface area contributed by atoms with E-state index in [0.717, 1.165) is 4.57 Å². The molecule has 9 heteroatoms. The van der Waals surface area contributed by atoms with Gasteiger partial charge in [-0.3, -0.25) is 14.3 Å². The van der Waals surface area contributed by atoms with Gasteiger partial charge in [0.2, 0.25) is 0 Å². The molecule has 0 bridgehead atoms. The number of H-pyrrole nitrogens is 1. The number of hydrogen-bond donors (Lipinski definition) is 4. The molecule has 1 aliphatic rings. The molecule has 18 heavy (non-hydrogen) atoms. The molecule has 1 aromatic heterocycles. The molecule has 1 aromatic rings. The molecule has 0 saturated carbocycles. The Morgan fingerprint density at radius 2 is 2.17 bits per heavy atom. The first-order valence-corrected chi connectivity index (χ1v) is 5.50. The molecule has 0 spiro atoms. The third kappa shape index (κ3) is 3.08. The number of aromatic amines is 1. The number of thiol groups is 1. The molecule has 2 heterocycles. The zero-order valence-electron chi connectivity index (χ0n) is 9.26. The van der Waals surface area contributed by atoms with Crippen LogP contribution in [0.1, 0.15) is 6.23 Å². The molecule has 1 radical (unpaired) electrons. The van der Waals surface area contributed by atoms with Gasteiger partial charge in [-0.1, -0.05) is 0 Å². The minimum absolute atomic E-state index is 0. The molecular weight excluding hydrogens is 475 g/mol. The molecule has 1 aliphatic heterocycles. The number of nitrogens with zero attached hydrogens (tertiary/aromatic N) is 1. The van der Waals surface area contributed by atoms with E-state index in [1.165, 1.54) is 12.3 Å². The van der Waals surface area contributed by atoms with Crippen LogP contribution in [0.3, 0.4) is 0 Å². The molecule has 3 N–H and O–H groups in total. The Hall–Kier alpha value is 0.352. The van der Waals surface area contributed by atoms with Crippen LogP contribution in [0.15, 0.2) is 21.9 Å². The molecule has 0 amide bonds. The maximum absolute atomic E-state index is 11.5. The van der Waals surface area contributed by atoms with Crippen LogP contribution in [0.25, 0.3) is 0 Å². The fourth-order valence-corrected chi connectivity index (χ4v) is 2.14. The van der Waals surface area contributed by atoms with Gasteiger partial charge in [-0.15, -0.1) is 0 Å². The molecule has 1 fully saturated rings. The second-order valence-electron chi connectivity index (χ2n) is 3.75. The molecule has 97 valence electrons. The summed E-state index contributed by atoms with van der Waals surface area (Å²) >= 11 is 4.14. The Balaban J connectivity index is 0.00000162. The van der Waals surface area contributed by atoms with Crippen molar-refractivity contribution in [1.82, 2.24) is 9.55 Å². The molecule has 4 atom stereocenters. The van der Waals surface area contributed by atoms with Crippen LogP contribution in [-0.2, 0) is 4.74 Å². The van der Waals surface area contributed by atoms with Crippen molar-refractivity contribution in [3.63, 3.8) is 0 Å². The van der Waals surface area contributed by atoms with E-state index in [-0.39, 0.29) is 50.7 Å². The van der Waals surface area contributed by atoms with E-state index >= 15 is 0 Å². The number of aliphatic hydroxyl groups is 2. The van der Waals surface area contributed by atoms with E-state index in [0.29, 0.717) is 0 Å². The van der Waals surface area contributed by atoms with E-state index in [1.807, 2.05) is 0 Å². The van der Waals surface area contributed by atoms with Crippen molar-refractivity contribution < 1.29 is 59.0 Å². The first kappa shape index (κ1) is 16.4. The Morgan fingerprint density at radius 1 is 1.50 bits per heavy atom. The van der Waals surface area contributed by atoms with E-state index in [1.54, 1.807) is 0 Å². The predicted molar refractivity (Wildman–Crippen MR) is 61.1 cm³/mol.